The van der Waals surface area contributed by atoms with Crippen molar-refractivity contribution >= 4 is 0 Å². The van der Waals surface area contributed by atoms with Crippen molar-refractivity contribution in [1.29, 1.82) is 0 Å². The van der Waals surface area contributed by atoms with Crippen molar-refractivity contribution in [2.75, 3.05) is 46.3 Å². The average molecular weight is 237 g/mol. The van der Waals surface area contributed by atoms with Gasteiger partial charge in [-0.25, -0.2) is 0 Å². The van der Waals surface area contributed by atoms with Gasteiger partial charge in [0.25, 0.3) is 0 Å². The van der Waals surface area contributed by atoms with E-state index in [1.165, 1.54) is 26.2 Å². The molecule has 0 aromatic carbocycles. The van der Waals surface area contributed by atoms with Gasteiger partial charge < -0.3 is 14.6 Å². The summed E-state index contributed by atoms with van der Waals surface area (Å²) in [6.07, 6.45) is 0. The molecule has 0 amide bonds. The Morgan fingerprint density at radius 2 is 2.00 bits per heavy atom. The van der Waals surface area contributed by atoms with Gasteiger partial charge in [-0.1, -0.05) is 0 Å². The van der Waals surface area contributed by atoms with Crippen LogP contribution < -0.4 is 5.32 Å². The van der Waals surface area contributed by atoms with Gasteiger partial charge in [-0.15, -0.1) is 0 Å². The van der Waals surface area contributed by atoms with E-state index in [0.29, 0.717) is 0 Å². The summed E-state index contributed by atoms with van der Waals surface area (Å²) in [6, 6.07) is 4.05. The molecule has 4 nitrogen and oxygen atoms in total. The summed E-state index contributed by atoms with van der Waals surface area (Å²) in [5.41, 5.74) is 0. The third-order valence-electron chi connectivity index (χ3n) is 3.30. The first-order valence-electron chi connectivity index (χ1n) is 6.41. The third kappa shape index (κ3) is 4.15. The van der Waals surface area contributed by atoms with Crippen LogP contribution in [0.5, 0.6) is 0 Å². The number of likely N-dealkylation sites (N-methyl/N-ethyl adjacent to an activating group) is 1. The molecule has 1 aliphatic heterocycles. The molecule has 1 N–H and O–H groups in total. The van der Waals surface area contributed by atoms with E-state index < -0.39 is 0 Å². The molecule has 0 bridgehead atoms. The first-order valence-corrected chi connectivity index (χ1v) is 6.41. The molecule has 2 heterocycles. The van der Waals surface area contributed by atoms with E-state index in [2.05, 4.69) is 22.2 Å². The van der Waals surface area contributed by atoms with Crippen molar-refractivity contribution in [2.24, 2.45) is 0 Å². The summed E-state index contributed by atoms with van der Waals surface area (Å²) in [6.45, 7) is 9.75. The minimum absolute atomic E-state index is 0.835. The van der Waals surface area contributed by atoms with Crippen LogP contribution in [0, 0.1) is 6.92 Å². The Hall–Kier alpha value is -0.840. The number of aryl methyl sites for hydroxylation is 1. The van der Waals surface area contributed by atoms with E-state index in [1.54, 1.807) is 0 Å². The second kappa shape index (κ2) is 6.19. The van der Waals surface area contributed by atoms with Crippen LogP contribution in [0.4, 0.5) is 0 Å². The zero-order chi connectivity index (χ0) is 12.1. The average Bonchev–Trinajstić information content (AvgIpc) is 2.73. The highest BCUT2D eigenvalue weighted by Crippen LogP contribution is 2.05. The van der Waals surface area contributed by atoms with Gasteiger partial charge in [-0.3, -0.25) is 4.90 Å². The Balaban J connectivity index is 1.57. The lowest BCUT2D eigenvalue weighted by Crippen LogP contribution is -2.46. The zero-order valence-corrected chi connectivity index (χ0v) is 10.9. The van der Waals surface area contributed by atoms with Gasteiger partial charge in [0.1, 0.15) is 11.5 Å². The summed E-state index contributed by atoms with van der Waals surface area (Å²) in [7, 11) is 2.19. The van der Waals surface area contributed by atoms with Gasteiger partial charge in [0.05, 0.1) is 6.54 Å². The summed E-state index contributed by atoms with van der Waals surface area (Å²) in [5.74, 6) is 2.02. The lowest BCUT2D eigenvalue weighted by molar-refractivity contribution is 0.154. The molecule has 2 rings (SSSR count). The topological polar surface area (TPSA) is 31.6 Å². The Morgan fingerprint density at radius 1 is 1.24 bits per heavy atom. The van der Waals surface area contributed by atoms with Gasteiger partial charge in [0.2, 0.25) is 0 Å². The number of nitrogens with zero attached hydrogens (tertiary/aromatic N) is 2. The predicted molar refractivity (Wildman–Crippen MR) is 69.1 cm³/mol. The van der Waals surface area contributed by atoms with E-state index in [9.17, 15) is 0 Å². The number of nitrogens with one attached hydrogen (secondary N) is 1. The monoisotopic (exact) mass is 237 g/mol. The first-order chi connectivity index (χ1) is 8.24. The summed E-state index contributed by atoms with van der Waals surface area (Å²) >= 11 is 0. The van der Waals surface area contributed by atoms with Gasteiger partial charge in [0, 0.05) is 39.3 Å². The van der Waals surface area contributed by atoms with E-state index in [-0.39, 0.29) is 0 Å². The third-order valence-corrected chi connectivity index (χ3v) is 3.30. The second-order valence-electron chi connectivity index (χ2n) is 4.83. The number of hydrogen-bond donors (Lipinski definition) is 1. The van der Waals surface area contributed by atoms with E-state index in [1.807, 2.05) is 19.1 Å². The molecular weight excluding hydrogens is 214 g/mol. The molecule has 0 atom stereocenters. The molecule has 0 unspecified atom stereocenters. The molecule has 1 aromatic heterocycles. The molecular formula is C13H23N3O. The van der Waals surface area contributed by atoms with Crippen molar-refractivity contribution in [3.05, 3.63) is 23.7 Å². The standard InChI is InChI=1S/C13H23N3O/c1-12-3-4-13(17-12)11-14-5-6-16-9-7-15(2)8-10-16/h3-4,14H,5-11H2,1-2H3. The maximum Gasteiger partial charge on any atom is 0.117 e. The predicted octanol–water partition coefficient (Wildman–Crippen LogP) is 0.925. The summed E-state index contributed by atoms with van der Waals surface area (Å²) in [4.78, 5) is 4.90. The van der Waals surface area contributed by atoms with Crippen LogP contribution in [0.1, 0.15) is 11.5 Å². The lowest BCUT2D eigenvalue weighted by atomic mass is 10.3. The maximum atomic E-state index is 5.51. The number of piperazine rings is 1. The normalized spacial score (nSPS) is 18.7. The number of rotatable bonds is 5. The molecule has 1 fully saturated rings. The molecule has 1 aromatic rings. The first kappa shape index (κ1) is 12.6. The van der Waals surface area contributed by atoms with Crippen LogP contribution in [0.2, 0.25) is 0 Å². The Morgan fingerprint density at radius 3 is 2.65 bits per heavy atom. The molecule has 1 aliphatic rings. The smallest absolute Gasteiger partial charge is 0.117 e. The van der Waals surface area contributed by atoms with Gasteiger partial charge in [-0.2, -0.15) is 0 Å². The fourth-order valence-electron chi connectivity index (χ4n) is 2.10. The van der Waals surface area contributed by atoms with Crippen molar-refractivity contribution < 1.29 is 4.42 Å². The lowest BCUT2D eigenvalue weighted by Gasteiger charge is -2.32. The second-order valence-corrected chi connectivity index (χ2v) is 4.83. The van der Waals surface area contributed by atoms with E-state index in [0.717, 1.165) is 31.2 Å². The zero-order valence-electron chi connectivity index (χ0n) is 10.9. The van der Waals surface area contributed by atoms with Crippen molar-refractivity contribution in [3.63, 3.8) is 0 Å². The summed E-state index contributed by atoms with van der Waals surface area (Å²) < 4.78 is 5.51. The van der Waals surface area contributed by atoms with E-state index in [4.69, 9.17) is 4.42 Å². The van der Waals surface area contributed by atoms with Crippen LogP contribution in [0.3, 0.4) is 0 Å². The fraction of sp³-hybridized carbons (Fsp3) is 0.692. The van der Waals surface area contributed by atoms with Gasteiger partial charge in [-0.05, 0) is 26.1 Å². The van der Waals surface area contributed by atoms with Gasteiger partial charge in [0.15, 0.2) is 0 Å². The highest BCUT2D eigenvalue weighted by atomic mass is 16.3. The molecule has 0 spiro atoms. The molecule has 96 valence electrons. The van der Waals surface area contributed by atoms with Crippen LogP contribution in [-0.2, 0) is 6.54 Å². The Labute approximate surface area is 104 Å². The van der Waals surface area contributed by atoms with Crippen LogP contribution in [0.25, 0.3) is 0 Å². The van der Waals surface area contributed by atoms with Crippen LogP contribution >= 0.6 is 0 Å². The highest BCUT2D eigenvalue weighted by Gasteiger charge is 2.12. The van der Waals surface area contributed by atoms with Crippen LogP contribution in [0.15, 0.2) is 16.5 Å². The SMILES string of the molecule is Cc1ccc(CNCCN2CCN(C)CC2)o1. The molecule has 4 heteroatoms. The minimum atomic E-state index is 0.835. The largest absolute Gasteiger partial charge is 0.465 e. The van der Waals surface area contributed by atoms with E-state index >= 15 is 0 Å². The Kier molecular flexibility index (Phi) is 4.59. The summed E-state index contributed by atoms with van der Waals surface area (Å²) in [5, 5.41) is 3.42. The van der Waals surface area contributed by atoms with Crippen molar-refractivity contribution in [3.8, 4) is 0 Å². The van der Waals surface area contributed by atoms with Crippen molar-refractivity contribution in [2.45, 2.75) is 13.5 Å². The highest BCUT2D eigenvalue weighted by molar-refractivity contribution is 5.05. The fourth-order valence-corrected chi connectivity index (χ4v) is 2.10. The molecule has 17 heavy (non-hydrogen) atoms. The molecule has 0 saturated carbocycles. The van der Waals surface area contributed by atoms with Crippen LogP contribution in [-0.4, -0.2) is 56.1 Å². The minimum Gasteiger partial charge on any atom is -0.465 e. The number of hydrogen-bond acceptors (Lipinski definition) is 4. The van der Waals surface area contributed by atoms with Gasteiger partial charge >= 0.3 is 0 Å². The maximum absolute atomic E-state index is 5.51. The number of furan rings is 1. The molecule has 1 saturated heterocycles. The molecule has 0 aliphatic carbocycles. The van der Waals surface area contributed by atoms with Crippen molar-refractivity contribution in [1.82, 2.24) is 15.1 Å². The Bertz CT molecular complexity index is 329. The molecule has 0 radical (unpaired) electrons. The quantitative estimate of drug-likeness (QED) is 0.772.